The van der Waals surface area contributed by atoms with E-state index >= 15 is 0 Å². The molecule has 2 aromatic carbocycles. The lowest BCUT2D eigenvalue weighted by Crippen LogP contribution is -2.32. The zero-order valence-corrected chi connectivity index (χ0v) is 16.5. The van der Waals surface area contributed by atoms with Crippen molar-refractivity contribution in [3.8, 4) is 17.2 Å². The second-order valence-corrected chi connectivity index (χ2v) is 7.24. The van der Waals surface area contributed by atoms with E-state index in [1.54, 1.807) is 42.5 Å². The van der Waals surface area contributed by atoms with E-state index in [1.807, 2.05) is 4.90 Å². The van der Waals surface area contributed by atoms with Gasteiger partial charge in [0.1, 0.15) is 5.75 Å². The Morgan fingerprint density at radius 2 is 1.86 bits per heavy atom. The van der Waals surface area contributed by atoms with Gasteiger partial charge in [0.15, 0.2) is 23.9 Å². The van der Waals surface area contributed by atoms with E-state index in [0.29, 0.717) is 27.8 Å². The van der Waals surface area contributed by atoms with E-state index in [1.165, 1.54) is 6.08 Å². The SMILES string of the molecule is O=C(/C=C/c1cc(Cl)c2c(c1)OCO2)c1ccc(OCC(=O)N2CCCC2)cc1. The molecule has 1 amide bonds. The van der Waals surface area contributed by atoms with Gasteiger partial charge in [0.05, 0.1) is 5.02 Å². The lowest BCUT2D eigenvalue weighted by atomic mass is 10.1. The van der Waals surface area contributed by atoms with Gasteiger partial charge in [-0.05, 0) is 60.9 Å². The zero-order valence-electron chi connectivity index (χ0n) is 15.7. The number of hydrogen-bond acceptors (Lipinski definition) is 5. The van der Waals surface area contributed by atoms with Crippen LogP contribution in [-0.2, 0) is 4.79 Å². The Labute approximate surface area is 173 Å². The molecule has 0 bridgehead atoms. The van der Waals surface area contributed by atoms with Gasteiger partial charge < -0.3 is 19.1 Å². The number of amides is 1. The number of likely N-dealkylation sites (tertiary alicyclic amines) is 1. The topological polar surface area (TPSA) is 65.1 Å². The highest BCUT2D eigenvalue weighted by Gasteiger charge is 2.19. The van der Waals surface area contributed by atoms with Crippen molar-refractivity contribution in [1.29, 1.82) is 0 Å². The third kappa shape index (κ3) is 4.54. The quantitative estimate of drug-likeness (QED) is 0.529. The summed E-state index contributed by atoms with van der Waals surface area (Å²) in [6.45, 7) is 1.75. The molecule has 0 unspecified atom stereocenters. The predicted octanol–water partition coefficient (Wildman–Crippen LogP) is 3.97. The van der Waals surface area contributed by atoms with Gasteiger partial charge in [-0.15, -0.1) is 0 Å². The maximum atomic E-state index is 12.4. The Bertz CT molecular complexity index is 948. The number of fused-ring (bicyclic) bond motifs is 1. The Balaban J connectivity index is 1.35. The lowest BCUT2D eigenvalue weighted by Gasteiger charge is -2.15. The molecule has 0 spiro atoms. The molecule has 2 aliphatic rings. The van der Waals surface area contributed by atoms with Crippen LogP contribution in [-0.4, -0.2) is 43.1 Å². The van der Waals surface area contributed by atoms with Crippen LogP contribution in [0.1, 0.15) is 28.8 Å². The molecular weight excluding hydrogens is 394 g/mol. The number of benzene rings is 2. The third-order valence-corrected chi connectivity index (χ3v) is 5.12. The van der Waals surface area contributed by atoms with E-state index in [9.17, 15) is 9.59 Å². The Morgan fingerprint density at radius 3 is 2.62 bits per heavy atom. The van der Waals surface area contributed by atoms with Crippen molar-refractivity contribution in [3.63, 3.8) is 0 Å². The smallest absolute Gasteiger partial charge is 0.260 e. The van der Waals surface area contributed by atoms with Gasteiger partial charge in [-0.2, -0.15) is 0 Å². The first-order valence-corrected chi connectivity index (χ1v) is 9.80. The average molecular weight is 414 g/mol. The number of halogens is 1. The monoisotopic (exact) mass is 413 g/mol. The number of rotatable bonds is 6. The molecule has 150 valence electrons. The molecule has 0 atom stereocenters. The minimum Gasteiger partial charge on any atom is -0.484 e. The molecule has 6 nitrogen and oxygen atoms in total. The first-order chi connectivity index (χ1) is 14.1. The summed E-state index contributed by atoms with van der Waals surface area (Å²) in [5, 5.41) is 0.442. The number of carbonyl (C=O) groups is 2. The molecular formula is C22H20ClNO5. The van der Waals surface area contributed by atoms with Gasteiger partial charge in [0.2, 0.25) is 6.79 Å². The highest BCUT2D eigenvalue weighted by molar-refractivity contribution is 6.32. The first kappa shape index (κ1) is 19.3. The van der Waals surface area contributed by atoms with Crippen molar-refractivity contribution in [2.24, 2.45) is 0 Å². The lowest BCUT2D eigenvalue weighted by molar-refractivity contribution is -0.132. The van der Waals surface area contributed by atoms with Gasteiger partial charge in [-0.1, -0.05) is 17.7 Å². The molecule has 2 heterocycles. The van der Waals surface area contributed by atoms with Crippen LogP contribution in [0.3, 0.4) is 0 Å². The van der Waals surface area contributed by atoms with Gasteiger partial charge in [0.25, 0.3) is 5.91 Å². The number of ether oxygens (including phenoxy) is 3. The van der Waals surface area contributed by atoms with Crippen LogP contribution in [0.15, 0.2) is 42.5 Å². The summed E-state index contributed by atoms with van der Waals surface area (Å²) >= 11 is 6.15. The number of hydrogen-bond donors (Lipinski definition) is 0. The molecule has 0 aliphatic carbocycles. The van der Waals surface area contributed by atoms with E-state index in [4.69, 9.17) is 25.8 Å². The van der Waals surface area contributed by atoms with Crippen LogP contribution in [0.5, 0.6) is 17.2 Å². The summed E-state index contributed by atoms with van der Waals surface area (Å²) in [5.74, 6) is 1.48. The molecule has 2 aliphatic heterocycles. The molecule has 4 rings (SSSR count). The van der Waals surface area contributed by atoms with Gasteiger partial charge in [0, 0.05) is 18.7 Å². The van der Waals surface area contributed by atoms with E-state index in [0.717, 1.165) is 31.5 Å². The van der Waals surface area contributed by atoms with Crippen LogP contribution >= 0.6 is 11.6 Å². The predicted molar refractivity (Wildman–Crippen MR) is 109 cm³/mol. The normalized spacial score (nSPS) is 15.1. The molecule has 0 radical (unpaired) electrons. The van der Waals surface area contributed by atoms with Gasteiger partial charge in [-0.25, -0.2) is 0 Å². The Hall–Kier alpha value is -2.99. The molecule has 1 saturated heterocycles. The zero-order chi connectivity index (χ0) is 20.2. The van der Waals surface area contributed by atoms with Crippen molar-refractivity contribution < 1.29 is 23.8 Å². The number of allylic oxidation sites excluding steroid dienone is 1. The summed E-state index contributed by atoms with van der Waals surface area (Å²) in [6.07, 6.45) is 5.25. The Kier molecular flexibility index (Phi) is 5.71. The van der Waals surface area contributed by atoms with Crippen molar-refractivity contribution in [3.05, 3.63) is 58.6 Å². The average Bonchev–Trinajstić information content (AvgIpc) is 3.43. The summed E-state index contributed by atoms with van der Waals surface area (Å²) in [6, 6.07) is 10.2. The van der Waals surface area contributed by atoms with Crippen molar-refractivity contribution in [2.75, 3.05) is 26.5 Å². The summed E-state index contributed by atoms with van der Waals surface area (Å²) in [5.41, 5.74) is 1.26. The second-order valence-electron chi connectivity index (χ2n) is 6.84. The van der Waals surface area contributed by atoms with Crippen LogP contribution in [0.25, 0.3) is 6.08 Å². The maximum absolute atomic E-state index is 12.4. The van der Waals surface area contributed by atoms with E-state index in [-0.39, 0.29) is 25.1 Å². The minimum absolute atomic E-state index is 0.00651. The largest absolute Gasteiger partial charge is 0.484 e. The van der Waals surface area contributed by atoms with Crippen LogP contribution in [0.2, 0.25) is 5.02 Å². The fraction of sp³-hybridized carbons (Fsp3) is 0.273. The maximum Gasteiger partial charge on any atom is 0.260 e. The van der Waals surface area contributed by atoms with Crippen LogP contribution in [0, 0.1) is 0 Å². The minimum atomic E-state index is -0.154. The second kappa shape index (κ2) is 8.57. The van der Waals surface area contributed by atoms with Crippen molar-refractivity contribution in [1.82, 2.24) is 4.90 Å². The number of nitrogens with zero attached hydrogens (tertiary/aromatic N) is 1. The summed E-state index contributed by atoms with van der Waals surface area (Å²) < 4.78 is 16.1. The summed E-state index contributed by atoms with van der Waals surface area (Å²) in [7, 11) is 0. The standard InChI is InChI=1S/C22H20ClNO5/c23-18-11-15(12-20-22(18)29-14-28-20)3-8-19(25)16-4-6-17(7-5-16)27-13-21(26)24-9-1-2-10-24/h3-8,11-12H,1-2,9-10,13-14H2/b8-3+. The van der Waals surface area contributed by atoms with Crippen LogP contribution < -0.4 is 14.2 Å². The van der Waals surface area contributed by atoms with Crippen molar-refractivity contribution >= 4 is 29.4 Å². The third-order valence-electron chi connectivity index (χ3n) is 4.84. The molecule has 1 fully saturated rings. The molecule has 7 heteroatoms. The Morgan fingerprint density at radius 1 is 1.10 bits per heavy atom. The number of carbonyl (C=O) groups excluding carboxylic acids is 2. The van der Waals surface area contributed by atoms with Crippen LogP contribution in [0.4, 0.5) is 0 Å². The molecule has 2 aromatic rings. The van der Waals surface area contributed by atoms with E-state index < -0.39 is 0 Å². The highest BCUT2D eigenvalue weighted by atomic mass is 35.5. The fourth-order valence-electron chi connectivity index (χ4n) is 3.27. The molecule has 29 heavy (non-hydrogen) atoms. The molecule has 0 N–H and O–H groups in total. The number of ketones is 1. The van der Waals surface area contributed by atoms with E-state index in [2.05, 4.69) is 0 Å². The first-order valence-electron chi connectivity index (χ1n) is 9.42. The highest BCUT2D eigenvalue weighted by Crippen LogP contribution is 2.40. The van der Waals surface area contributed by atoms with Crippen molar-refractivity contribution in [2.45, 2.75) is 12.8 Å². The van der Waals surface area contributed by atoms with Gasteiger partial charge >= 0.3 is 0 Å². The fourth-order valence-corrected chi connectivity index (χ4v) is 3.54. The molecule has 0 aromatic heterocycles. The van der Waals surface area contributed by atoms with Gasteiger partial charge in [-0.3, -0.25) is 9.59 Å². The summed E-state index contributed by atoms with van der Waals surface area (Å²) in [4.78, 5) is 26.2. The molecule has 0 saturated carbocycles.